The van der Waals surface area contributed by atoms with E-state index in [0.29, 0.717) is 6.04 Å². The fourth-order valence-electron chi connectivity index (χ4n) is 3.00. The molecule has 0 spiro atoms. The zero-order valence-corrected chi connectivity index (χ0v) is 12.5. The molecule has 0 bridgehead atoms. The molecule has 1 aliphatic heterocycles. The summed E-state index contributed by atoms with van der Waals surface area (Å²) in [6.45, 7) is 4.45. The lowest BCUT2D eigenvalue weighted by molar-refractivity contribution is 0.129. The van der Waals surface area contributed by atoms with Gasteiger partial charge < -0.3 is 5.73 Å². The number of likely N-dealkylation sites (tertiary alicyclic amines) is 1. The molecule has 0 aromatic rings. The second-order valence-electron chi connectivity index (χ2n) is 5.17. The predicted octanol–water partition coefficient (Wildman–Crippen LogP) is 3.11. The highest BCUT2D eigenvalue weighted by Crippen LogP contribution is 2.23. The summed E-state index contributed by atoms with van der Waals surface area (Å²) < 4.78 is 0. The molecule has 1 heterocycles. The molecule has 0 aromatic carbocycles. The molecule has 102 valence electrons. The van der Waals surface area contributed by atoms with E-state index in [1.807, 2.05) is 11.8 Å². The van der Waals surface area contributed by atoms with Crippen LogP contribution in [0.3, 0.4) is 0 Å². The average Bonchev–Trinajstić information content (AvgIpc) is 2.60. The van der Waals surface area contributed by atoms with E-state index < -0.39 is 0 Å². The van der Waals surface area contributed by atoms with Gasteiger partial charge in [0.2, 0.25) is 0 Å². The molecule has 0 aromatic heterocycles. The summed E-state index contributed by atoms with van der Waals surface area (Å²) in [7, 11) is 0. The minimum absolute atomic E-state index is 0.630. The Labute approximate surface area is 112 Å². The van der Waals surface area contributed by atoms with Crippen LogP contribution in [0.15, 0.2) is 0 Å². The van der Waals surface area contributed by atoms with E-state index in [1.165, 1.54) is 57.2 Å². The summed E-state index contributed by atoms with van der Waals surface area (Å²) in [6.07, 6.45) is 11.7. The molecule has 2 unspecified atom stereocenters. The van der Waals surface area contributed by atoms with Crippen molar-refractivity contribution in [1.29, 1.82) is 0 Å². The molecule has 0 saturated carbocycles. The Morgan fingerprint density at radius 1 is 1.35 bits per heavy atom. The number of hydrogen-bond donors (Lipinski definition) is 1. The maximum absolute atomic E-state index is 6.01. The minimum atomic E-state index is 0.630. The van der Waals surface area contributed by atoms with Gasteiger partial charge in [-0.05, 0) is 50.7 Å². The first-order chi connectivity index (χ1) is 8.33. The van der Waals surface area contributed by atoms with Crippen molar-refractivity contribution in [3.05, 3.63) is 0 Å². The van der Waals surface area contributed by atoms with E-state index in [4.69, 9.17) is 5.73 Å². The lowest BCUT2D eigenvalue weighted by atomic mass is 10.0. The fraction of sp³-hybridized carbons (Fsp3) is 1.00. The van der Waals surface area contributed by atoms with Gasteiger partial charge in [0, 0.05) is 18.6 Å². The third-order valence-corrected chi connectivity index (χ3v) is 4.72. The number of nitrogens with two attached hydrogens (primary N) is 1. The van der Waals surface area contributed by atoms with Crippen molar-refractivity contribution in [3.8, 4) is 0 Å². The molecule has 2 nitrogen and oxygen atoms in total. The number of nitrogens with zero attached hydrogens (tertiary/aromatic N) is 1. The first-order valence-electron chi connectivity index (χ1n) is 7.28. The van der Waals surface area contributed by atoms with Gasteiger partial charge in [0.25, 0.3) is 0 Å². The summed E-state index contributed by atoms with van der Waals surface area (Å²) in [6, 6.07) is 1.42. The van der Waals surface area contributed by atoms with Crippen molar-refractivity contribution < 1.29 is 0 Å². The molecule has 0 amide bonds. The molecule has 3 heteroatoms. The Morgan fingerprint density at radius 2 is 2.18 bits per heavy atom. The van der Waals surface area contributed by atoms with Gasteiger partial charge in [0.1, 0.15) is 0 Å². The third kappa shape index (κ3) is 5.19. The van der Waals surface area contributed by atoms with Gasteiger partial charge in [-0.2, -0.15) is 11.8 Å². The van der Waals surface area contributed by atoms with Gasteiger partial charge in [0.05, 0.1) is 0 Å². The van der Waals surface area contributed by atoms with Crippen molar-refractivity contribution in [2.75, 3.05) is 25.1 Å². The van der Waals surface area contributed by atoms with E-state index in [1.54, 1.807) is 0 Å². The van der Waals surface area contributed by atoms with Crippen molar-refractivity contribution in [2.24, 2.45) is 5.73 Å². The normalized spacial score (nSPS) is 24.5. The SMILES string of the molecule is CCC1CCCCCN1C(CN)CCCSC. The summed E-state index contributed by atoms with van der Waals surface area (Å²) in [4.78, 5) is 2.73. The van der Waals surface area contributed by atoms with Gasteiger partial charge in [-0.3, -0.25) is 4.90 Å². The van der Waals surface area contributed by atoms with E-state index in [-0.39, 0.29) is 0 Å². The fourth-order valence-corrected chi connectivity index (χ4v) is 3.46. The van der Waals surface area contributed by atoms with Crippen LogP contribution in [-0.2, 0) is 0 Å². The van der Waals surface area contributed by atoms with E-state index in [9.17, 15) is 0 Å². The Balaban J connectivity index is 2.49. The Kier molecular flexibility index (Phi) is 8.33. The van der Waals surface area contributed by atoms with Gasteiger partial charge in [-0.25, -0.2) is 0 Å². The zero-order chi connectivity index (χ0) is 12.5. The summed E-state index contributed by atoms with van der Waals surface area (Å²) in [5.41, 5.74) is 6.01. The molecule has 0 radical (unpaired) electrons. The second kappa shape index (κ2) is 9.23. The first kappa shape index (κ1) is 15.3. The smallest absolute Gasteiger partial charge is 0.0221 e. The van der Waals surface area contributed by atoms with Crippen molar-refractivity contribution in [1.82, 2.24) is 4.90 Å². The van der Waals surface area contributed by atoms with Gasteiger partial charge in [-0.1, -0.05) is 19.8 Å². The van der Waals surface area contributed by atoms with Crippen LogP contribution >= 0.6 is 11.8 Å². The third-order valence-electron chi connectivity index (χ3n) is 4.02. The summed E-state index contributed by atoms with van der Waals surface area (Å²) in [5.74, 6) is 1.28. The molecule has 17 heavy (non-hydrogen) atoms. The van der Waals surface area contributed by atoms with E-state index >= 15 is 0 Å². The van der Waals surface area contributed by atoms with Crippen LogP contribution in [0.5, 0.6) is 0 Å². The number of rotatable bonds is 7. The Bertz CT molecular complexity index is 187. The van der Waals surface area contributed by atoms with Crippen molar-refractivity contribution >= 4 is 11.8 Å². The molecule has 2 N–H and O–H groups in total. The summed E-state index contributed by atoms with van der Waals surface area (Å²) >= 11 is 1.95. The van der Waals surface area contributed by atoms with Crippen molar-refractivity contribution in [3.63, 3.8) is 0 Å². The topological polar surface area (TPSA) is 29.3 Å². The number of hydrogen-bond acceptors (Lipinski definition) is 3. The monoisotopic (exact) mass is 258 g/mol. The molecular formula is C14H30N2S. The lowest BCUT2D eigenvalue weighted by Crippen LogP contribution is -2.46. The average molecular weight is 258 g/mol. The largest absolute Gasteiger partial charge is 0.329 e. The Hall–Kier alpha value is 0.270. The van der Waals surface area contributed by atoms with E-state index in [2.05, 4.69) is 18.1 Å². The second-order valence-corrected chi connectivity index (χ2v) is 6.16. The van der Waals surface area contributed by atoms with Gasteiger partial charge in [0.15, 0.2) is 0 Å². The molecule has 1 aliphatic rings. The van der Waals surface area contributed by atoms with Crippen LogP contribution < -0.4 is 5.73 Å². The van der Waals surface area contributed by atoms with Crippen LogP contribution in [0.1, 0.15) is 51.9 Å². The highest BCUT2D eigenvalue weighted by molar-refractivity contribution is 7.98. The molecular weight excluding hydrogens is 228 g/mol. The standard InChI is InChI=1S/C14H30N2S/c1-3-13-8-5-4-6-10-16(13)14(12-15)9-7-11-17-2/h13-14H,3-12,15H2,1-2H3. The molecule has 1 saturated heterocycles. The van der Waals surface area contributed by atoms with Crippen molar-refractivity contribution in [2.45, 2.75) is 64.0 Å². The molecule has 0 aliphatic carbocycles. The van der Waals surface area contributed by atoms with E-state index in [0.717, 1.165) is 12.6 Å². The van der Waals surface area contributed by atoms with Crippen LogP contribution in [0.25, 0.3) is 0 Å². The maximum atomic E-state index is 6.01. The van der Waals surface area contributed by atoms with Crippen LogP contribution in [-0.4, -0.2) is 42.1 Å². The quantitative estimate of drug-likeness (QED) is 0.712. The summed E-state index contributed by atoms with van der Waals surface area (Å²) in [5, 5.41) is 0. The highest BCUT2D eigenvalue weighted by atomic mass is 32.2. The van der Waals surface area contributed by atoms with Gasteiger partial charge in [-0.15, -0.1) is 0 Å². The first-order valence-corrected chi connectivity index (χ1v) is 8.67. The molecule has 1 rings (SSSR count). The highest BCUT2D eigenvalue weighted by Gasteiger charge is 2.25. The zero-order valence-electron chi connectivity index (χ0n) is 11.7. The minimum Gasteiger partial charge on any atom is -0.329 e. The van der Waals surface area contributed by atoms with Crippen LogP contribution in [0, 0.1) is 0 Å². The molecule has 1 fully saturated rings. The Morgan fingerprint density at radius 3 is 2.82 bits per heavy atom. The lowest BCUT2D eigenvalue weighted by Gasteiger charge is -2.36. The number of thioether (sulfide) groups is 1. The van der Waals surface area contributed by atoms with Gasteiger partial charge >= 0.3 is 0 Å². The predicted molar refractivity (Wildman–Crippen MR) is 79.7 cm³/mol. The maximum Gasteiger partial charge on any atom is 0.0221 e. The van der Waals surface area contributed by atoms with Crippen LogP contribution in [0.4, 0.5) is 0 Å². The molecule has 2 atom stereocenters. The van der Waals surface area contributed by atoms with Crippen LogP contribution in [0.2, 0.25) is 0 Å².